The van der Waals surface area contributed by atoms with Crippen LogP contribution in [0.1, 0.15) is 12.5 Å². The summed E-state index contributed by atoms with van der Waals surface area (Å²) in [6.07, 6.45) is 2.65. The smallest absolute Gasteiger partial charge is 0.493 e. The van der Waals surface area contributed by atoms with E-state index in [9.17, 15) is 9.36 Å². The maximum Gasteiger partial charge on any atom is 0.529 e. The van der Waals surface area contributed by atoms with E-state index < -0.39 is 13.8 Å². The van der Waals surface area contributed by atoms with Crippen molar-refractivity contribution in [3.8, 4) is 17.2 Å². The first-order chi connectivity index (χ1) is 11.4. The van der Waals surface area contributed by atoms with Crippen molar-refractivity contribution >= 4 is 19.9 Å². The highest BCUT2D eigenvalue weighted by Gasteiger charge is 2.26. The predicted molar refractivity (Wildman–Crippen MR) is 87.5 cm³/mol. The van der Waals surface area contributed by atoms with Crippen LogP contribution in [-0.4, -0.2) is 41.0 Å². The monoisotopic (exact) mass is 360 g/mol. The minimum Gasteiger partial charge on any atom is -0.493 e. The Morgan fingerprint density at radius 1 is 1.04 bits per heavy atom. The van der Waals surface area contributed by atoms with E-state index in [0.29, 0.717) is 17.1 Å². The van der Waals surface area contributed by atoms with E-state index in [2.05, 4.69) is 0 Å². The lowest BCUT2D eigenvalue weighted by Gasteiger charge is -2.18. The summed E-state index contributed by atoms with van der Waals surface area (Å²) in [4.78, 5) is 11.5. The summed E-state index contributed by atoms with van der Waals surface area (Å²) in [6, 6.07) is 3.01. The van der Waals surface area contributed by atoms with Crippen LogP contribution >= 0.6 is 7.82 Å². The Balaban J connectivity index is 3.31. The van der Waals surface area contributed by atoms with Gasteiger partial charge in [0.05, 0.1) is 20.8 Å². The third kappa shape index (κ3) is 5.26. The molecule has 0 saturated heterocycles. The summed E-state index contributed by atoms with van der Waals surface area (Å²) in [5.41, 5.74) is 0.398. The molecule has 1 aromatic rings. The number of hydrogen-bond acceptors (Lipinski definition) is 8. The zero-order valence-electron chi connectivity index (χ0n) is 14.2. The molecule has 0 spiro atoms. The quantitative estimate of drug-likeness (QED) is 0.377. The third-order valence-electron chi connectivity index (χ3n) is 2.86. The lowest BCUT2D eigenvalue weighted by Crippen LogP contribution is -2.01. The Kier molecular flexibility index (Phi) is 7.78. The fourth-order valence-electron chi connectivity index (χ4n) is 1.70. The van der Waals surface area contributed by atoms with Gasteiger partial charge in [0, 0.05) is 31.9 Å². The molecule has 0 unspecified atom stereocenters. The van der Waals surface area contributed by atoms with Crippen LogP contribution in [0, 0.1) is 0 Å². The molecule has 0 bridgehead atoms. The van der Waals surface area contributed by atoms with Gasteiger partial charge < -0.3 is 18.7 Å². The zero-order chi connectivity index (χ0) is 18.2. The van der Waals surface area contributed by atoms with Gasteiger partial charge in [-0.15, -0.1) is 0 Å². The Morgan fingerprint density at radius 2 is 1.62 bits per heavy atom. The molecular weight excluding hydrogens is 339 g/mol. The van der Waals surface area contributed by atoms with E-state index in [4.69, 9.17) is 27.8 Å². The number of carbonyl (C=O) groups excluding carboxylic acids is 1. The maximum absolute atomic E-state index is 12.2. The lowest BCUT2D eigenvalue weighted by molar-refractivity contribution is -0.137. The first-order valence-corrected chi connectivity index (χ1v) is 8.41. The predicted octanol–water partition coefficient (Wildman–Crippen LogP) is 3.06. The number of phosphoric acid groups is 1. The fraction of sp³-hybridized carbons (Fsp3) is 0.400. The van der Waals surface area contributed by atoms with Crippen molar-refractivity contribution < 1.29 is 37.1 Å². The number of esters is 1. The van der Waals surface area contributed by atoms with Crippen molar-refractivity contribution in [1.29, 1.82) is 0 Å². The third-order valence-corrected chi connectivity index (χ3v) is 4.17. The molecule has 0 aliphatic heterocycles. The Hall–Kier alpha value is -2.02. The molecule has 24 heavy (non-hydrogen) atoms. The number of hydrogen-bond donors (Lipinski definition) is 0. The van der Waals surface area contributed by atoms with Crippen LogP contribution in [0.5, 0.6) is 17.2 Å². The molecule has 0 atom stereocenters. The summed E-state index contributed by atoms with van der Waals surface area (Å²) in [5.74, 6) is 0.345. The van der Waals surface area contributed by atoms with Gasteiger partial charge in [0.25, 0.3) is 0 Å². The van der Waals surface area contributed by atoms with Crippen LogP contribution in [0.2, 0.25) is 0 Å². The minimum absolute atomic E-state index is 0.125. The number of phosphoric ester groups is 1. The van der Waals surface area contributed by atoms with Gasteiger partial charge in [-0.3, -0.25) is 9.05 Å². The molecule has 0 heterocycles. The van der Waals surface area contributed by atoms with E-state index in [1.165, 1.54) is 46.7 Å². The molecule has 0 aromatic heterocycles. The van der Waals surface area contributed by atoms with E-state index in [0.717, 1.165) is 0 Å². The second-order valence-corrected chi connectivity index (χ2v) is 6.04. The summed E-state index contributed by atoms with van der Waals surface area (Å²) >= 11 is 0. The zero-order valence-corrected chi connectivity index (χ0v) is 15.1. The number of rotatable bonds is 9. The first kappa shape index (κ1) is 20.0. The van der Waals surface area contributed by atoms with E-state index in [-0.39, 0.29) is 12.4 Å². The lowest BCUT2D eigenvalue weighted by atomic mass is 10.1. The normalized spacial score (nSPS) is 11.4. The summed E-state index contributed by atoms with van der Waals surface area (Å²) in [6.45, 7) is 1.95. The average molecular weight is 360 g/mol. The Morgan fingerprint density at radius 3 is 2.12 bits per heavy atom. The van der Waals surface area contributed by atoms with E-state index in [1.807, 2.05) is 0 Å². The SMILES string of the molecule is CCOC(=O)/C=C/c1cc(OC)c(OC)cc1OP(=O)(OC)OC. The first-order valence-electron chi connectivity index (χ1n) is 6.95. The number of methoxy groups -OCH3 is 2. The van der Waals surface area contributed by atoms with Crippen LogP contribution in [0.4, 0.5) is 0 Å². The van der Waals surface area contributed by atoms with E-state index in [1.54, 1.807) is 13.0 Å². The standard InChI is InChI=1S/C15H21O8P/c1-6-22-15(16)8-7-11-9-13(18-2)14(19-3)10-12(11)23-24(17,20-4)21-5/h7-10H,6H2,1-5H3/b8-7+. The molecule has 0 aliphatic rings. The largest absolute Gasteiger partial charge is 0.529 e. The van der Waals surface area contributed by atoms with Crippen molar-refractivity contribution in [2.24, 2.45) is 0 Å². The van der Waals surface area contributed by atoms with E-state index >= 15 is 0 Å². The molecule has 1 rings (SSSR count). The molecule has 8 nitrogen and oxygen atoms in total. The second-order valence-electron chi connectivity index (χ2n) is 4.23. The molecule has 134 valence electrons. The summed E-state index contributed by atoms with van der Waals surface area (Å²) in [7, 11) is 1.51. The molecule has 0 saturated carbocycles. The Labute approximate surface area is 140 Å². The molecule has 0 aliphatic carbocycles. The van der Waals surface area contributed by atoms with Gasteiger partial charge in [0.1, 0.15) is 5.75 Å². The number of benzene rings is 1. The van der Waals surface area contributed by atoms with Gasteiger partial charge in [-0.1, -0.05) is 0 Å². The molecule has 0 fully saturated rings. The molecule has 0 N–H and O–H groups in total. The number of ether oxygens (including phenoxy) is 3. The van der Waals surface area contributed by atoms with Crippen LogP contribution in [0.15, 0.2) is 18.2 Å². The molecule has 0 radical (unpaired) electrons. The fourth-order valence-corrected chi connectivity index (χ4v) is 2.40. The topological polar surface area (TPSA) is 89.5 Å². The molecule has 0 amide bonds. The van der Waals surface area contributed by atoms with Crippen molar-refractivity contribution in [2.45, 2.75) is 6.92 Å². The highest BCUT2D eigenvalue weighted by atomic mass is 31.2. The number of carbonyl (C=O) groups is 1. The van der Waals surface area contributed by atoms with Gasteiger partial charge in [0.15, 0.2) is 11.5 Å². The van der Waals surface area contributed by atoms with Gasteiger partial charge in [-0.05, 0) is 19.1 Å². The van der Waals surface area contributed by atoms with Gasteiger partial charge in [-0.2, -0.15) is 0 Å². The van der Waals surface area contributed by atoms with Crippen LogP contribution in [-0.2, 0) is 23.1 Å². The second kappa shape index (κ2) is 9.32. The molecular formula is C15H21O8P. The van der Waals surface area contributed by atoms with Crippen LogP contribution in [0.25, 0.3) is 6.08 Å². The summed E-state index contributed by atoms with van der Waals surface area (Å²) < 4.78 is 42.3. The summed E-state index contributed by atoms with van der Waals surface area (Å²) in [5, 5.41) is 0. The highest BCUT2D eigenvalue weighted by Crippen LogP contribution is 2.50. The van der Waals surface area contributed by atoms with Crippen molar-refractivity contribution in [2.75, 3.05) is 35.0 Å². The molecule has 9 heteroatoms. The molecule has 1 aromatic carbocycles. The average Bonchev–Trinajstić information content (AvgIpc) is 2.60. The minimum atomic E-state index is -3.79. The van der Waals surface area contributed by atoms with Crippen molar-refractivity contribution in [1.82, 2.24) is 0 Å². The van der Waals surface area contributed by atoms with Gasteiger partial charge >= 0.3 is 13.8 Å². The van der Waals surface area contributed by atoms with Gasteiger partial charge in [-0.25, -0.2) is 9.36 Å². The van der Waals surface area contributed by atoms with Crippen LogP contribution < -0.4 is 14.0 Å². The van der Waals surface area contributed by atoms with Crippen molar-refractivity contribution in [3.63, 3.8) is 0 Å². The van der Waals surface area contributed by atoms with Gasteiger partial charge in [0.2, 0.25) is 0 Å². The highest BCUT2D eigenvalue weighted by molar-refractivity contribution is 7.48. The Bertz CT molecular complexity index is 633. The maximum atomic E-state index is 12.2. The van der Waals surface area contributed by atoms with Crippen LogP contribution in [0.3, 0.4) is 0 Å². The van der Waals surface area contributed by atoms with Crippen molar-refractivity contribution in [3.05, 3.63) is 23.8 Å².